The van der Waals surface area contributed by atoms with E-state index in [-0.39, 0.29) is 12.3 Å². The summed E-state index contributed by atoms with van der Waals surface area (Å²) < 4.78 is 5.30. The minimum atomic E-state index is -0.400. The predicted octanol–water partition coefficient (Wildman–Crippen LogP) is 2.42. The monoisotopic (exact) mass is 362 g/mol. The van der Waals surface area contributed by atoms with Gasteiger partial charge in [-0.3, -0.25) is 20.4 Å². The molecule has 2 amide bonds. The van der Waals surface area contributed by atoms with Crippen molar-refractivity contribution in [1.82, 2.24) is 20.8 Å². The van der Waals surface area contributed by atoms with Crippen molar-refractivity contribution >= 4 is 23.6 Å². The Morgan fingerprint density at radius 1 is 1.12 bits per heavy atom. The van der Waals surface area contributed by atoms with Crippen molar-refractivity contribution < 1.29 is 14.0 Å². The highest BCUT2D eigenvalue weighted by atomic mass is 32.2. The number of aromatic nitrogens is 2. The molecular weight excluding hydrogens is 340 g/mol. The van der Waals surface area contributed by atoms with E-state index in [1.165, 1.54) is 11.8 Å². The molecule has 2 aromatic rings. The number of rotatable bonds is 5. The third-order valence-corrected chi connectivity index (χ3v) is 4.33. The number of nitrogens with one attached hydrogen (secondary N) is 2. The van der Waals surface area contributed by atoms with Crippen LogP contribution in [0.15, 0.2) is 15.6 Å². The lowest BCUT2D eigenvalue weighted by Gasteiger charge is -2.10. The molecule has 2 aromatic heterocycles. The van der Waals surface area contributed by atoms with Crippen LogP contribution in [0.1, 0.15) is 45.3 Å². The molecule has 8 heteroatoms. The van der Waals surface area contributed by atoms with Gasteiger partial charge in [-0.2, -0.15) is 0 Å². The third-order valence-electron chi connectivity index (χ3n) is 3.79. The first-order valence-electron chi connectivity index (χ1n) is 7.86. The summed E-state index contributed by atoms with van der Waals surface area (Å²) in [6, 6.07) is 1.63. The van der Waals surface area contributed by atoms with Gasteiger partial charge in [0.25, 0.3) is 5.91 Å². The Morgan fingerprint density at radius 3 is 2.28 bits per heavy atom. The second-order valence-electron chi connectivity index (χ2n) is 5.69. The Morgan fingerprint density at radius 2 is 1.76 bits per heavy atom. The number of carbonyl (C=O) groups excluding carboxylic acids is 2. The van der Waals surface area contributed by atoms with E-state index in [9.17, 15) is 9.59 Å². The third kappa shape index (κ3) is 4.82. The van der Waals surface area contributed by atoms with Gasteiger partial charge in [0.1, 0.15) is 11.5 Å². The maximum absolute atomic E-state index is 12.0. The zero-order chi connectivity index (χ0) is 18.6. The lowest BCUT2D eigenvalue weighted by molar-refractivity contribution is -0.121. The van der Waals surface area contributed by atoms with Crippen LogP contribution in [0.25, 0.3) is 0 Å². The van der Waals surface area contributed by atoms with Crippen molar-refractivity contribution in [2.45, 2.75) is 45.7 Å². The summed E-state index contributed by atoms with van der Waals surface area (Å²) in [5, 5.41) is 0.723. The van der Waals surface area contributed by atoms with Crippen molar-refractivity contribution in [1.29, 1.82) is 0 Å². The van der Waals surface area contributed by atoms with Crippen LogP contribution < -0.4 is 10.9 Å². The molecule has 2 heterocycles. The Bertz CT molecular complexity index is 778. The van der Waals surface area contributed by atoms with E-state index in [1.54, 1.807) is 19.9 Å². The molecule has 0 unspecified atom stereocenters. The van der Waals surface area contributed by atoms with Crippen molar-refractivity contribution in [2.75, 3.05) is 6.26 Å². The Kier molecular flexibility index (Phi) is 6.19. The maximum Gasteiger partial charge on any atom is 0.273 e. The molecule has 0 fully saturated rings. The van der Waals surface area contributed by atoms with Gasteiger partial charge in [0.05, 0.1) is 5.56 Å². The highest BCUT2D eigenvalue weighted by Gasteiger charge is 2.15. The predicted molar refractivity (Wildman–Crippen MR) is 95.4 cm³/mol. The maximum atomic E-state index is 12.0. The highest BCUT2D eigenvalue weighted by molar-refractivity contribution is 7.98. The van der Waals surface area contributed by atoms with Crippen molar-refractivity contribution in [3.05, 3.63) is 40.1 Å². The Balaban J connectivity index is 1.89. The van der Waals surface area contributed by atoms with Crippen LogP contribution in [0.3, 0.4) is 0 Å². The summed E-state index contributed by atoms with van der Waals surface area (Å²) in [6.45, 7) is 7.28. The van der Waals surface area contributed by atoms with E-state index in [1.807, 2.05) is 20.1 Å². The summed E-state index contributed by atoms with van der Waals surface area (Å²) in [6.07, 6.45) is 2.67. The van der Waals surface area contributed by atoms with Crippen LogP contribution in [0.5, 0.6) is 0 Å². The van der Waals surface area contributed by atoms with Crippen LogP contribution >= 0.6 is 11.8 Å². The first-order valence-corrected chi connectivity index (χ1v) is 9.08. The molecule has 0 aliphatic rings. The topological polar surface area (TPSA) is 97.1 Å². The smallest absolute Gasteiger partial charge is 0.273 e. The fraction of sp³-hybridized carbons (Fsp3) is 0.412. The quantitative estimate of drug-likeness (QED) is 0.482. The van der Waals surface area contributed by atoms with Crippen LogP contribution in [-0.4, -0.2) is 28.0 Å². The first kappa shape index (κ1) is 19.0. The molecular formula is C17H22N4O3S. The van der Waals surface area contributed by atoms with Gasteiger partial charge < -0.3 is 4.42 Å². The molecule has 0 spiro atoms. The van der Waals surface area contributed by atoms with E-state index in [0.29, 0.717) is 23.5 Å². The summed E-state index contributed by atoms with van der Waals surface area (Å²) >= 11 is 1.49. The van der Waals surface area contributed by atoms with E-state index < -0.39 is 5.91 Å². The second kappa shape index (κ2) is 8.15. The molecule has 134 valence electrons. The molecule has 7 nitrogen and oxygen atoms in total. The van der Waals surface area contributed by atoms with Gasteiger partial charge in [0.15, 0.2) is 5.16 Å². The minimum absolute atomic E-state index is 0.229. The number of amides is 2. The minimum Gasteiger partial charge on any atom is -0.466 e. The van der Waals surface area contributed by atoms with E-state index in [2.05, 4.69) is 20.8 Å². The van der Waals surface area contributed by atoms with E-state index >= 15 is 0 Å². The normalized spacial score (nSPS) is 10.6. The average molecular weight is 362 g/mol. The molecule has 0 saturated carbocycles. The molecule has 2 rings (SSSR count). The SMILES string of the molecule is CSc1nc(C)c(CCC(=O)NNC(=O)c2cc(C)oc2C)c(C)n1. The molecule has 25 heavy (non-hydrogen) atoms. The van der Waals surface area contributed by atoms with Gasteiger partial charge in [-0.25, -0.2) is 9.97 Å². The number of aryl methyl sites for hydroxylation is 4. The Labute approximate surface area is 151 Å². The van der Waals surface area contributed by atoms with Gasteiger partial charge in [0.2, 0.25) is 5.91 Å². The van der Waals surface area contributed by atoms with Gasteiger partial charge in [0, 0.05) is 17.8 Å². The zero-order valence-electron chi connectivity index (χ0n) is 15.0. The number of nitrogens with zero attached hydrogens (tertiary/aromatic N) is 2. The van der Waals surface area contributed by atoms with Crippen molar-refractivity contribution in [3.8, 4) is 0 Å². The van der Waals surface area contributed by atoms with Crippen LogP contribution in [0.4, 0.5) is 0 Å². The summed E-state index contributed by atoms with van der Waals surface area (Å²) in [7, 11) is 0. The molecule has 2 N–H and O–H groups in total. The number of hydrazine groups is 1. The summed E-state index contributed by atoms with van der Waals surface area (Å²) in [5.41, 5.74) is 7.94. The standard InChI is InChI=1S/C17H22N4O3S/c1-9-8-14(12(4)24-9)16(23)21-20-15(22)7-6-13-10(2)18-17(25-5)19-11(13)3/h8H,6-7H2,1-5H3,(H,20,22)(H,21,23). The van der Waals surface area contributed by atoms with Crippen LogP contribution in [-0.2, 0) is 11.2 Å². The molecule has 0 aliphatic carbocycles. The molecule has 0 aromatic carbocycles. The fourth-order valence-corrected chi connectivity index (χ4v) is 2.97. The number of carbonyl (C=O) groups is 2. The number of furan rings is 1. The van der Waals surface area contributed by atoms with E-state index in [4.69, 9.17) is 4.42 Å². The molecule has 0 atom stereocenters. The summed E-state index contributed by atoms with van der Waals surface area (Å²) in [5.74, 6) is 0.483. The first-order chi connectivity index (χ1) is 11.8. The fourth-order valence-electron chi connectivity index (χ4n) is 2.51. The van der Waals surface area contributed by atoms with Crippen molar-refractivity contribution in [2.24, 2.45) is 0 Å². The highest BCUT2D eigenvalue weighted by Crippen LogP contribution is 2.17. The lowest BCUT2D eigenvalue weighted by Crippen LogP contribution is -2.41. The molecule has 0 radical (unpaired) electrons. The van der Waals surface area contributed by atoms with Crippen LogP contribution in [0, 0.1) is 27.7 Å². The largest absolute Gasteiger partial charge is 0.466 e. The summed E-state index contributed by atoms with van der Waals surface area (Å²) in [4.78, 5) is 32.8. The average Bonchev–Trinajstić information content (AvgIpc) is 2.90. The van der Waals surface area contributed by atoms with Gasteiger partial charge in [-0.05, 0) is 52.0 Å². The Hall–Kier alpha value is -2.35. The van der Waals surface area contributed by atoms with Gasteiger partial charge >= 0.3 is 0 Å². The molecule has 0 aliphatic heterocycles. The van der Waals surface area contributed by atoms with Gasteiger partial charge in [-0.15, -0.1) is 0 Å². The molecule has 0 saturated heterocycles. The zero-order valence-corrected chi connectivity index (χ0v) is 15.8. The van der Waals surface area contributed by atoms with Crippen LogP contribution in [0.2, 0.25) is 0 Å². The van der Waals surface area contributed by atoms with Gasteiger partial charge in [-0.1, -0.05) is 11.8 Å². The van der Waals surface area contributed by atoms with E-state index in [0.717, 1.165) is 22.1 Å². The number of hydrogen-bond acceptors (Lipinski definition) is 6. The number of hydrogen-bond donors (Lipinski definition) is 2. The number of thioether (sulfide) groups is 1. The molecule has 0 bridgehead atoms. The second-order valence-corrected chi connectivity index (χ2v) is 6.46. The van der Waals surface area contributed by atoms with Crippen molar-refractivity contribution in [3.63, 3.8) is 0 Å². The lowest BCUT2D eigenvalue weighted by atomic mass is 10.1.